The second-order valence-electron chi connectivity index (χ2n) is 6.27. The summed E-state index contributed by atoms with van der Waals surface area (Å²) in [5.41, 5.74) is 3.37. The zero-order chi connectivity index (χ0) is 17.8. The van der Waals surface area contributed by atoms with Crippen LogP contribution < -0.4 is 9.46 Å². The monoisotopic (exact) mass is 359 g/mol. The molecule has 132 valence electrons. The smallest absolute Gasteiger partial charge is 0.234 e. The third kappa shape index (κ3) is 3.82. The van der Waals surface area contributed by atoms with Gasteiger partial charge in [0.1, 0.15) is 11.6 Å². The zero-order valence-electron chi connectivity index (χ0n) is 14.5. The summed E-state index contributed by atoms with van der Waals surface area (Å²) >= 11 is 1.28. The van der Waals surface area contributed by atoms with Crippen molar-refractivity contribution in [1.29, 1.82) is 0 Å². The molecular formula is C20H22FNO2S. The number of rotatable bonds is 6. The zero-order valence-corrected chi connectivity index (χ0v) is 15.3. The fourth-order valence-corrected chi connectivity index (χ4v) is 3.59. The van der Waals surface area contributed by atoms with E-state index in [1.807, 2.05) is 30.5 Å². The van der Waals surface area contributed by atoms with Crippen LogP contribution in [0.1, 0.15) is 36.3 Å². The van der Waals surface area contributed by atoms with Crippen molar-refractivity contribution in [1.82, 2.24) is 4.72 Å². The second kappa shape index (κ2) is 7.91. The molecule has 25 heavy (non-hydrogen) atoms. The Morgan fingerprint density at radius 3 is 2.72 bits per heavy atom. The SMILES string of the molecule is COc1ccc(CC(=O)NSC)cc1-c1cccc(F)c1C1CCC1. The van der Waals surface area contributed by atoms with Gasteiger partial charge in [-0.15, -0.1) is 0 Å². The van der Waals surface area contributed by atoms with Crippen LogP contribution in [-0.4, -0.2) is 19.3 Å². The van der Waals surface area contributed by atoms with Crippen LogP contribution in [0.3, 0.4) is 0 Å². The van der Waals surface area contributed by atoms with Gasteiger partial charge in [0.25, 0.3) is 0 Å². The van der Waals surface area contributed by atoms with E-state index in [0.29, 0.717) is 5.75 Å². The van der Waals surface area contributed by atoms with E-state index < -0.39 is 0 Å². The van der Waals surface area contributed by atoms with E-state index in [-0.39, 0.29) is 24.1 Å². The van der Waals surface area contributed by atoms with Gasteiger partial charge < -0.3 is 9.46 Å². The van der Waals surface area contributed by atoms with Crippen molar-refractivity contribution in [2.45, 2.75) is 31.6 Å². The molecule has 2 aromatic rings. The number of nitrogens with one attached hydrogen (secondary N) is 1. The van der Waals surface area contributed by atoms with E-state index in [1.54, 1.807) is 13.2 Å². The first-order chi connectivity index (χ1) is 12.1. The molecule has 0 heterocycles. The van der Waals surface area contributed by atoms with Gasteiger partial charge >= 0.3 is 0 Å². The van der Waals surface area contributed by atoms with Crippen LogP contribution in [-0.2, 0) is 11.2 Å². The van der Waals surface area contributed by atoms with Crippen molar-refractivity contribution >= 4 is 17.9 Å². The van der Waals surface area contributed by atoms with Gasteiger partial charge in [-0.25, -0.2) is 4.39 Å². The van der Waals surface area contributed by atoms with Gasteiger partial charge in [0.2, 0.25) is 5.91 Å². The Hall–Kier alpha value is -2.01. The number of methoxy groups -OCH3 is 1. The molecule has 1 fully saturated rings. The maximum Gasteiger partial charge on any atom is 0.234 e. The van der Waals surface area contributed by atoms with Crippen LogP contribution in [0.25, 0.3) is 11.1 Å². The van der Waals surface area contributed by atoms with Gasteiger partial charge in [0, 0.05) is 11.8 Å². The molecule has 5 heteroatoms. The van der Waals surface area contributed by atoms with E-state index >= 15 is 0 Å². The van der Waals surface area contributed by atoms with Crippen molar-refractivity contribution in [3.05, 3.63) is 53.3 Å². The molecule has 0 bridgehead atoms. The average Bonchev–Trinajstić information content (AvgIpc) is 2.55. The Balaban J connectivity index is 2.03. The van der Waals surface area contributed by atoms with Gasteiger partial charge in [-0.3, -0.25) is 4.79 Å². The Labute approximate surface area is 152 Å². The lowest BCUT2D eigenvalue weighted by Crippen LogP contribution is -2.17. The molecule has 1 amide bonds. The number of hydrogen-bond acceptors (Lipinski definition) is 3. The molecule has 3 rings (SSSR count). The fraction of sp³-hybridized carbons (Fsp3) is 0.350. The Morgan fingerprint density at radius 1 is 1.28 bits per heavy atom. The van der Waals surface area contributed by atoms with Gasteiger partial charge in [-0.2, -0.15) is 0 Å². The van der Waals surface area contributed by atoms with Crippen LogP contribution in [0, 0.1) is 5.82 Å². The van der Waals surface area contributed by atoms with Crippen LogP contribution in [0.4, 0.5) is 4.39 Å². The maximum absolute atomic E-state index is 14.5. The Morgan fingerprint density at radius 2 is 2.08 bits per heavy atom. The summed E-state index contributed by atoms with van der Waals surface area (Å²) in [5, 5.41) is 0. The fourth-order valence-electron chi connectivity index (χ4n) is 3.29. The number of ether oxygens (including phenoxy) is 1. The van der Waals surface area contributed by atoms with Gasteiger partial charge in [-0.1, -0.05) is 36.6 Å². The molecule has 0 aliphatic heterocycles. The lowest BCUT2D eigenvalue weighted by Gasteiger charge is -2.29. The number of amides is 1. The third-order valence-electron chi connectivity index (χ3n) is 4.70. The molecule has 0 unspecified atom stereocenters. The summed E-state index contributed by atoms with van der Waals surface area (Å²) < 4.78 is 22.8. The van der Waals surface area contributed by atoms with Gasteiger partial charge in [-0.05, 0) is 53.6 Å². The molecule has 2 aromatic carbocycles. The largest absolute Gasteiger partial charge is 0.496 e. The second-order valence-corrected chi connectivity index (χ2v) is 6.88. The number of benzene rings is 2. The van der Waals surface area contributed by atoms with Crippen molar-refractivity contribution in [2.75, 3.05) is 13.4 Å². The maximum atomic E-state index is 14.5. The molecule has 1 aliphatic carbocycles. The first kappa shape index (κ1) is 17.8. The van der Waals surface area contributed by atoms with Crippen molar-refractivity contribution in [3.8, 4) is 16.9 Å². The Bertz CT molecular complexity index is 774. The average molecular weight is 359 g/mol. The molecule has 0 aromatic heterocycles. The van der Waals surface area contributed by atoms with Gasteiger partial charge in [0.05, 0.1) is 13.5 Å². The molecule has 1 aliphatic rings. The number of carbonyl (C=O) groups excluding carboxylic acids is 1. The molecule has 3 nitrogen and oxygen atoms in total. The summed E-state index contributed by atoms with van der Waals surface area (Å²) in [6, 6.07) is 10.9. The predicted octanol–water partition coefficient (Wildman–Crippen LogP) is 4.71. The number of carbonyl (C=O) groups is 1. The molecular weight excluding hydrogens is 337 g/mol. The first-order valence-corrected chi connectivity index (χ1v) is 9.64. The molecule has 0 saturated heterocycles. The van der Waals surface area contributed by atoms with Gasteiger partial charge in [0.15, 0.2) is 0 Å². The minimum absolute atomic E-state index is 0.0536. The highest BCUT2D eigenvalue weighted by Gasteiger charge is 2.26. The molecule has 0 spiro atoms. The van der Waals surface area contributed by atoms with E-state index in [2.05, 4.69) is 4.72 Å². The minimum Gasteiger partial charge on any atom is -0.496 e. The normalized spacial score (nSPS) is 14.0. The van der Waals surface area contributed by atoms with E-state index in [0.717, 1.165) is 41.5 Å². The van der Waals surface area contributed by atoms with E-state index in [1.165, 1.54) is 18.0 Å². The molecule has 1 saturated carbocycles. The summed E-state index contributed by atoms with van der Waals surface area (Å²) in [4.78, 5) is 11.9. The molecule has 0 radical (unpaired) electrons. The minimum atomic E-state index is -0.158. The van der Waals surface area contributed by atoms with E-state index in [9.17, 15) is 9.18 Å². The van der Waals surface area contributed by atoms with Crippen molar-refractivity contribution < 1.29 is 13.9 Å². The summed E-state index contributed by atoms with van der Waals surface area (Å²) in [6.07, 6.45) is 5.28. The standard InChI is InChI=1S/C20H22FNO2S/c1-24-18-10-9-13(12-19(23)22-25-2)11-16(18)15-7-4-8-17(21)20(15)14-5-3-6-14/h4,7-11,14H,3,5-6,12H2,1-2H3,(H,22,23). The first-order valence-electron chi connectivity index (χ1n) is 8.41. The van der Waals surface area contributed by atoms with Crippen LogP contribution in [0.5, 0.6) is 5.75 Å². The van der Waals surface area contributed by atoms with Crippen LogP contribution in [0.2, 0.25) is 0 Å². The highest BCUT2D eigenvalue weighted by molar-refractivity contribution is 7.97. The van der Waals surface area contributed by atoms with Crippen LogP contribution in [0.15, 0.2) is 36.4 Å². The number of halogens is 1. The lowest BCUT2D eigenvalue weighted by molar-refractivity contribution is -0.118. The van der Waals surface area contributed by atoms with Crippen molar-refractivity contribution in [2.24, 2.45) is 0 Å². The predicted molar refractivity (Wildman–Crippen MR) is 100 cm³/mol. The van der Waals surface area contributed by atoms with E-state index in [4.69, 9.17) is 4.74 Å². The highest BCUT2D eigenvalue weighted by atomic mass is 32.2. The Kier molecular flexibility index (Phi) is 5.63. The third-order valence-corrected chi connectivity index (χ3v) is 5.13. The summed E-state index contributed by atoms with van der Waals surface area (Å²) in [7, 11) is 1.61. The quantitative estimate of drug-likeness (QED) is 0.760. The number of hydrogen-bond donors (Lipinski definition) is 1. The summed E-state index contributed by atoms with van der Waals surface area (Å²) in [6.45, 7) is 0. The van der Waals surface area contributed by atoms with Crippen LogP contribution >= 0.6 is 11.9 Å². The highest BCUT2D eigenvalue weighted by Crippen LogP contribution is 2.44. The lowest BCUT2D eigenvalue weighted by atomic mass is 9.76. The van der Waals surface area contributed by atoms with Crippen molar-refractivity contribution in [3.63, 3.8) is 0 Å². The topological polar surface area (TPSA) is 38.3 Å². The summed E-state index contributed by atoms with van der Waals surface area (Å²) in [5.74, 6) is 0.751. The molecule has 0 atom stereocenters. The molecule has 1 N–H and O–H groups in total.